The minimum absolute atomic E-state index is 0.345. The van der Waals surface area contributed by atoms with E-state index in [4.69, 9.17) is 30.0 Å². The van der Waals surface area contributed by atoms with Crippen LogP contribution in [0.3, 0.4) is 0 Å². The summed E-state index contributed by atoms with van der Waals surface area (Å²) >= 11 is 0. The highest BCUT2D eigenvalue weighted by molar-refractivity contribution is 5.63. The van der Waals surface area contributed by atoms with E-state index in [1.165, 1.54) is 0 Å². The quantitative estimate of drug-likeness (QED) is 0.417. The first kappa shape index (κ1) is 17.2. The Kier molecular flexibility index (Phi) is 11.1. The molecular weight excluding hydrogens is 224 g/mol. The highest BCUT2D eigenvalue weighted by Gasteiger charge is 2.20. The lowest BCUT2D eigenvalue weighted by Gasteiger charge is -2.23. The maximum atomic E-state index is 9.00. The molecule has 0 spiro atoms. The third-order valence-electron chi connectivity index (χ3n) is 0.904. The van der Waals surface area contributed by atoms with E-state index in [2.05, 4.69) is 9.47 Å². The molecule has 0 amide bonds. The van der Waals surface area contributed by atoms with Crippen molar-refractivity contribution in [3.63, 3.8) is 0 Å². The first-order chi connectivity index (χ1) is 7.27. The maximum Gasteiger partial charge on any atom is 0.300 e. The Balaban J connectivity index is 0. The van der Waals surface area contributed by atoms with Gasteiger partial charge < -0.3 is 29.9 Å². The summed E-state index contributed by atoms with van der Waals surface area (Å²) in [5.41, 5.74) is 0. The topological polar surface area (TPSA) is 134 Å². The van der Waals surface area contributed by atoms with Crippen LogP contribution >= 0.6 is 0 Å². The summed E-state index contributed by atoms with van der Waals surface area (Å²) in [4.78, 5) is 18.0. The lowest BCUT2D eigenvalue weighted by Crippen LogP contribution is -2.37. The Labute approximate surface area is 92.0 Å². The SMILES string of the molecule is CC(=O)O.CC(=O)O.OC1OCCOC1O. The van der Waals surface area contributed by atoms with E-state index >= 15 is 0 Å². The van der Waals surface area contributed by atoms with E-state index in [0.717, 1.165) is 13.8 Å². The Bertz CT molecular complexity index is 174. The molecule has 0 aromatic heterocycles. The zero-order chi connectivity index (χ0) is 13.1. The molecule has 2 unspecified atom stereocenters. The van der Waals surface area contributed by atoms with Crippen molar-refractivity contribution >= 4 is 11.9 Å². The molecule has 16 heavy (non-hydrogen) atoms. The van der Waals surface area contributed by atoms with Crippen LogP contribution in [0.25, 0.3) is 0 Å². The van der Waals surface area contributed by atoms with Crippen LogP contribution < -0.4 is 0 Å². The number of carboxylic acid groups (broad SMARTS) is 2. The summed E-state index contributed by atoms with van der Waals surface area (Å²) in [5.74, 6) is -1.67. The van der Waals surface area contributed by atoms with Gasteiger partial charge in [-0.2, -0.15) is 0 Å². The van der Waals surface area contributed by atoms with Crippen LogP contribution in [0.1, 0.15) is 13.8 Å². The lowest BCUT2D eigenvalue weighted by molar-refractivity contribution is -0.291. The number of aliphatic carboxylic acids is 2. The minimum Gasteiger partial charge on any atom is -0.481 e. The van der Waals surface area contributed by atoms with Crippen molar-refractivity contribution in [1.82, 2.24) is 0 Å². The summed E-state index contributed by atoms with van der Waals surface area (Å²) in [7, 11) is 0. The zero-order valence-electron chi connectivity index (χ0n) is 8.99. The number of aliphatic hydroxyl groups is 2. The highest BCUT2D eigenvalue weighted by Crippen LogP contribution is 2.02. The van der Waals surface area contributed by atoms with Crippen LogP contribution in [-0.2, 0) is 19.1 Å². The molecule has 0 radical (unpaired) electrons. The molecule has 1 saturated heterocycles. The van der Waals surface area contributed by atoms with Crippen molar-refractivity contribution in [2.75, 3.05) is 13.2 Å². The van der Waals surface area contributed by atoms with Crippen LogP contribution in [0.15, 0.2) is 0 Å². The first-order valence-corrected chi connectivity index (χ1v) is 4.25. The summed E-state index contributed by atoms with van der Waals surface area (Å²) < 4.78 is 9.14. The van der Waals surface area contributed by atoms with Gasteiger partial charge in [0.25, 0.3) is 11.9 Å². The third kappa shape index (κ3) is 18.5. The van der Waals surface area contributed by atoms with Crippen LogP contribution in [0.4, 0.5) is 0 Å². The first-order valence-electron chi connectivity index (χ1n) is 4.25. The van der Waals surface area contributed by atoms with Gasteiger partial charge >= 0.3 is 0 Å². The fourth-order valence-corrected chi connectivity index (χ4v) is 0.502. The summed E-state index contributed by atoms with van der Waals surface area (Å²) in [6.07, 6.45) is -2.33. The molecule has 1 heterocycles. The van der Waals surface area contributed by atoms with Crippen molar-refractivity contribution in [1.29, 1.82) is 0 Å². The third-order valence-corrected chi connectivity index (χ3v) is 0.904. The lowest BCUT2D eigenvalue weighted by atomic mass is 10.5. The molecule has 1 rings (SSSR count). The summed E-state index contributed by atoms with van der Waals surface area (Å²) in [5, 5.41) is 32.0. The van der Waals surface area contributed by atoms with E-state index in [9.17, 15) is 0 Å². The van der Waals surface area contributed by atoms with Crippen LogP contribution in [0.2, 0.25) is 0 Å². The number of hydrogen-bond acceptors (Lipinski definition) is 6. The fourth-order valence-electron chi connectivity index (χ4n) is 0.502. The second-order valence-corrected chi connectivity index (χ2v) is 2.56. The van der Waals surface area contributed by atoms with E-state index in [1.807, 2.05) is 0 Å². The summed E-state index contributed by atoms with van der Waals surface area (Å²) in [6, 6.07) is 0. The number of carbonyl (C=O) groups is 2. The molecule has 0 aromatic carbocycles. The largest absolute Gasteiger partial charge is 0.481 e. The van der Waals surface area contributed by atoms with Gasteiger partial charge in [0.2, 0.25) is 12.6 Å². The van der Waals surface area contributed by atoms with Gasteiger partial charge in [0.1, 0.15) is 0 Å². The number of rotatable bonds is 0. The molecule has 0 saturated carbocycles. The fraction of sp³-hybridized carbons (Fsp3) is 0.750. The van der Waals surface area contributed by atoms with E-state index in [0.29, 0.717) is 13.2 Å². The maximum absolute atomic E-state index is 9.00. The van der Waals surface area contributed by atoms with Crippen LogP contribution in [-0.4, -0.2) is 58.2 Å². The van der Waals surface area contributed by atoms with Gasteiger partial charge in [-0.1, -0.05) is 0 Å². The van der Waals surface area contributed by atoms with E-state index in [-0.39, 0.29) is 0 Å². The molecule has 2 atom stereocenters. The van der Waals surface area contributed by atoms with Gasteiger partial charge in [0.05, 0.1) is 13.2 Å². The molecule has 0 aliphatic carbocycles. The van der Waals surface area contributed by atoms with Crippen molar-refractivity contribution in [3.05, 3.63) is 0 Å². The second kappa shape index (κ2) is 10.3. The minimum atomic E-state index is -1.16. The average Bonchev–Trinajstić information content (AvgIpc) is 2.08. The molecular formula is C8H16O8. The number of hydrogen-bond donors (Lipinski definition) is 4. The predicted octanol–water partition coefficient (Wildman–Crippen LogP) is -1.15. The normalized spacial score (nSPS) is 23.0. The predicted molar refractivity (Wildman–Crippen MR) is 50.5 cm³/mol. The van der Waals surface area contributed by atoms with Crippen molar-refractivity contribution in [2.24, 2.45) is 0 Å². The number of ether oxygens (including phenoxy) is 2. The van der Waals surface area contributed by atoms with E-state index in [1.54, 1.807) is 0 Å². The van der Waals surface area contributed by atoms with Gasteiger partial charge in [-0.25, -0.2) is 0 Å². The number of carboxylic acids is 2. The molecule has 8 nitrogen and oxygen atoms in total. The molecule has 1 aliphatic heterocycles. The molecule has 4 N–H and O–H groups in total. The van der Waals surface area contributed by atoms with Gasteiger partial charge in [-0.3, -0.25) is 9.59 Å². The Hall–Kier alpha value is -1.22. The zero-order valence-corrected chi connectivity index (χ0v) is 8.99. The smallest absolute Gasteiger partial charge is 0.300 e. The average molecular weight is 240 g/mol. The second-order valence-electron chi connectivity index (χ2n) is 2.56. The molecule has 8 heteroatoms. The van der Waals surface area contributed by atoms with Crippen molar-refractivity contribution in [2.45, 2.75) is 26.4 Å². The Morgan fingerprint density at radius 2 is 1.12 bits per heavy atom. The molecule has 96 valence electrons. The Morgan fingerprint density at radius 1 is 0.938 bits per heavy atom. The molecule has 1 aliphatic rings. The Morgan fingerprint density at radius 3 is 1.25 bits per heavy atom. The van der Waals surface area contributed by atoms with Crippen LogP contribution in [0.5, 0.6) is 0 Å². The highest BCUT2D eigenvalue weighted by atomic mass is 16.7. The van der Waals surface area contributed by atoms with Crippen molar-refractivity contribution < 1.29 is 39.5 Å². The summed E-state index contributed by atoms with van der Waals surface area (Å²) in [6.45, 7) is 2.86. The van der Waals surface area contributed by atoms with Gasteiger partial charge in [-0.15, -0.1) is 0 Å². The monoisotopic (exact) mass is 240 g/mol. The van der Waals surface area contributed by atoms with Gasteiger partial charge in [0.15, 0.2) is 0 Å². The van der Waals surface area contributed by atoms with Gasteiger partial charge in [-0.05, 0) is 0 Å². The van der Waals surface area contributed by atoms with Crippen LogP contribution in [0, 0.1) is 0 Å². The van der Waals surface area contributed by atoms with E-state index < -0.39 is 24.5 Å². The molecule has 0 bridgehead atoms. The van der Waals surface area contributed by atoms with Crippen molar-refractivity contribution in [3.8, 4) is 0 Å². The number of aliphatic hydroxyl groups excluding tert-OH is 2. The molecule has 1 fully saturated rings. The van der Waals surface area contributed by atoms with Gasteiger partial charge in [0, 0.05) is 13.8 Å². The standard InChI is InChI=1S/C4H8O4.2C2H4O2/c5-3-4(6)8-2-1-7-3;2*1-2(3)4/h3-6H,1-2H2;2*1H3,(H,3,4). The molecule has 0 aromatic rings.